The predicted octanol–water partition coefficient (Wildman–Crippen LogP) is 3.95. The first-order valence-electron chi connectivity index (χ1n) is 6.41. The van der Waals surface area contributed by atoms with E-state index in [1.54, 1.807) is 17.6 Å². The molecule has 0 fully saturated rings. The van der Waals surface area contributed by atoms with E-state index in [4.69, 9.17) is 10.2 Å². The van der Waals surface area contributed by atoms with E-state index in [9.17, 15) is 0 Å². The first-order chi connectivity index (χ1) is 10.3. The topological polar surface area (TPSA) is 76.4 Å². The van der Waals surface area contributed by atoms with Gasteiger partial charge in [0.2, 0.25) is 5.89 Å². The molecule has 3 rings (SSSR count). The molecule has 0 spiro atoms. The van der Waals surface area contributed by atoms with Gasteiger partial charge in [-0.1, -0.05) is 24.3 Å². The molecule has 114 valence electrons. The average molecular weight is 426 g/mol. The van der Waals surface area contributed by atoms with E-state index in [0.29, 0.717) is 18.4 Å². The number of hydrogen-bond donors (Lipinski definition) is 2. The van der Waals surface area contributed by atoms with Crippen LogP contribution in [0.4, 0.5) is 5.69 Å². The van der Waals surface area contributed by atoms with E-state index in [-0.39, 0.29) is 24.0 Å². The minimum absolute atomic E-state index is 0. The molecule has 0 saturated heterocycles. The SMILES string of the molecule is I.NC(=NCc1coc(-c2cccs2)n1)Nc1ccccc1. The second-order valence-corrected chi connectivity index (χ2v) is 5.26. The van der Waals surface area contributed by atoms with Crippen molar-refractivity contribution < 1.29 is 4.42 Å². The number of guanidine groups is 1. The third-order valence-corrected chi connectivity index (χ3v) is 3.60. The molecule has 1 aromatic carbocycles. The Kier molecular flexibility index (Phi) is 5.96. The standard InChI is InChI=1S/C15H14N4OS.HI/c16-15(19-11-5-2-1-3-6-11)17-9-12-10-20-14(18-12)13-7-4-8-21-13;/h1-8,10H,9H2,(H3,16,17,19);1H. The fourth-order valence-corrected chi connectivity index (χ4v) is 2.42. The Morgan fingerprint density at radius 1 is 1.23 bits per heavy atom. The van der Waals surface area contributed by atoms with Crippen LogP contribution in [0.5, 0.6) is 0 Å². The normalized spacial score (nSPS) is 11.0. The quantitative estimate of drug-likeness (QED) is 0.376. The largest absolute Gasteiger partial charge is 0.443 e. The van der Waals surface area contributed by atoms with Crippen molar-refractivity contribution in [1.82, 2.24) is 4.98 Å². The smallest absolute Gasteiger partial charge is 0.236 e. The molecule has 0 aliphatic heterocycles. The molecule has 2 aromatic heterocycles. The first kappa shape index (κ1) is 16.5. The lowest BCUT2D eigenvalue weighted by Gasteiger charge is -2.04. The lowest BCUT2D eigenvalue weighted by atomic mass is 10.3. The Balaban J connectivity index is 0.00000176. The summed E-state index contributed by atoms with van der Waals surface area (Å²) in [5.41, 5.74) is 7.49. The van der Waals surface area contributed by atoms with Gasteiger partial charge in [0.15, 0.2) is 5.96 Å². The maximum absolute atomic E-state index is 5.84. The lowest BCUT2D eigenvalue weighted by Crippen LogP contribution is -2.22. The van der Waals surface area contributed by atoms with Crippen molar-refractivity contribution in [3.8, 4) is 10.8 Å². The highest BCUT2D eigenvalue weighted by Gasteiger charge is 2.07. The van der Waals surface area contributed by atoms with E-state index >= 15 is 0 Å². The zero-order chi connectivity index (χ0) is 14.5. The second kappa shape index (κ2) is 7.95. The number of hydrogen-bond acceptors (Lipinski definition) is 4. The molecule has 0 radical (unpaired) electrons. The van der Waals surface area contributed by atoms with Gasteiger partial charge in [-0.25, -0.2) is 9.98 Å². The van der Waals surface area contributed by atoms with Crippen LogP contribution in [-0.2, 0) is 6.54 Å². The number of rotatable bonds is 4. The number of thiophene rings is 1. The summed E-state index contributed by atoms with van der Waals surface area (Å²) in [6.07, 6.45) is 1.61. The van der Waals surface area contributed by atoms with Crippen molar-refractivity contribution in [2.24, 2.45) is 10.7 Å². The van der Waals surface area contributed by atoms with Crippen LogP contribution < -0.4 is 11.1 Å². The molecule has 0 aliphatic carbocycles. The Morgan fingerprint density at radius 3 is 2.77 bits per heavy atom. The maximum Gasteiger partial charge on any atom is 0.236 e. The molecule has 0 aliphatic rings. The molecule has 7 heteroatoms. The van der Waals surface area contributed by atoms with Gasteiger partial charge in [0.1, 0.15) is 12.0 Å². The highest BCUT2D eigenvalue weighted by atomic mass is 127. The number of anilines is 1. The third kappa shape index (κ3) is 4.31. The van der Waals surface area contributed by atoms with Crippen LogP contribution >= 0.6 is 35.3 Å². The molecule has 5 nitrogen and oxygen atoms in total. The van der Waals surface area contributed by atoms with Crippen molar-refractivity contribution >= 4 is 47.0 Å². The number of nitrogens with one attached hydrogen (secondary N) is 1. The summed E-state index contributed by atoms with van der Waals surface area (Å²) >= 11 is 1.59. The Bertz CT molecular complexity index is 725. The molecule has 3 aromatic rings. The van der Waals surface area contributed by atoms with Crippen molar-refractivity contribution in [1.29, 1.82) is 0 Å². The van der Waals surface area contributed by atoms with Crippen molar-refractivity contribution in [2.45, 2.75) is 6.54 Å². The summed E-state index contributed by atoms with van der Waals surface area (Å²) in [6, 6.07) is 13.6. The first-order valence-corrected chi connectivity index (χ1v) is 7.29. The maximum atomic E-state index is 5.84. The minimum atomic E-state index is 0. The number of aromatic nitrogens is 1. The van der Waals surface area contributed by atoms with Crippen molar-refractivity contribution in [3.05, 3.63) is 59.8 Å². The zero-order valence-electron chi connectivity index (χ0n) is 11.6. The average Bonchev–Trinajstić information content (AvgIpc) is 3.17. The number of para-hydroxylation sites is 1. The van der Waals surface area contributed by atoms with Gasteiger partial charge < -0.3 is 15.5 Å². The van der Waals surface area contributed by atoms with Gasteiger partial charge in [-0.05, 0) is 23.6 Å². The van der Waals surface area contributed by atoms with Gasteiger partial charge in [-0.2, -0.15) is 0 Å². The van der Waals surface area contributed by atoms with E-state index in [0.717, 1.165) is 16.3 Å². The van der Waals surface area contributed by atoms with Gasteiger partial charge in [0.25, 0.3) is 0 Å². The monoisotopic (exact) mass is 426 g/mol. The molecular weight excluding hydrogens is 411 g/mol. The van der Waals surface area contributed by atoms with E-state index in [1.165, 1.54) is 0 Å². The Morgan fingerprint density at radius 2 is 2.05 bits per heavy atom. The number of benzene rings is 1. The third-order valence-electron chi connectivity index (χ3n) is 2.74. The molecular formula is C15H15IN4OS. The fourth-order valence-electron chi connectivity index (χ4n) is 1.77. The predicted molar refractivity (Wildman–Crippen MR) is 101 cm³/mol. The molecule has 22 heavy (non-hydrogen) atoms. The van der Waals surface area contributed by atoms with Crippen LogP contribution in [0.3, 0.4) is 0 Å². The number of oxazole rings is 1. The van der Waals surface area contributed by atoms with Crippen molar-refractivity contribution in [3.63, 3.8) is 0 Å². The second-order valence-electron chi connectivity index (χ2n) is 4.31. The lowest BCUT2D eigenvalue weighted by molar-refractivity contribution is 0.574. The number of nitrogens with two attached hydrogens (primary N) is 1. The Hall–Kier alpha value is -1.87. The van der Waals surface area contributed by atoms with Crippen molar-refractivity contribution in [2.75, 3.05) is 5.32 Å². The summed E-state index contributed by atoms with van der Waals surface area (Å²) in [7, 11) is 0. The highest BCUT2D eigenvalue weighted by Crippen LogP contribution is 2.23. The number of nitrogens with zero attached hydrogens (tertiary/aromatic N) is 2. The van der Waals surface area contributed by atoms with E-state index in [2.05, 4.69) is 15.3 Å². The fraction of sp³-hybridized carbons (Fsp3) is 0.0667. The molecule has 0 atom stereocenters. The minimum Gasteiger partial charge on any atom is -0.443 e. The van der Waals surface area contributed by atoms with Crippen LogP contribution in [0.15, 0.2) is 63.5 Å². The van der Waals surface area contributed by atoms with Gasteiger partial charge in [-0.15, -0.1) is 35.3 Å². The summed E-state index contributed by atoms with van der Waals surface area (Å²) in [5.74, 6) is 0.965. The summed E-state index contributed by atoms with van der Waals surface area (Å²) in [5, 5.41) is 5.00. The van der Waals surface area contributed by atoms with Gasteiger partial charge >= 0.3 is 0 Å². The van der Waals surface area contributed by atoms with Gasteiger partial charge in [-0.3, -0.25) is 0 Å². The highest BCUT2D eigenvalue weighted by molar-refractivity contribution is 14.0. The van der Waals surface area contributed by atoms with Gasteiger partial charge in [0.05, 0.1) is 11.4 Å². The zero-order valence-corrected chi connectivity index (χ0v) is 14.7. The summed E-state index contributed by atoms with van der Waals surface area (Å²) < 4.78 is 5.43. The van der Waals surface area contributed by atoms with Crippen LogP contribution in [0.1, 0.15) is 5.69 Å². The molecule has 0 unspecified atom stereocenters. The number of aliphatic imine (C=N–C) groups is 1. The van der Waals surface area contributed by atoms with Crippen LogP contribution in [-0.4, -0.2) is 10.9 Å². The van der Waals surface area contributed by atoms with E-state index < -0.39 is 0 Å². The molecule has 0 amide bonds. The number of halogens is 1. The van der Waals surface area contributed by atoms with Crippen LogP contribution in [0.25, 0.3) is 10.8 Å². The Labute approximate surface area is 149 Å². The van der Waals surface area contributed by atoms with Gasteiger partial charge in [0, 0.05) is 5.69 Å². The van der Waals surface area contributed by atoms with Crippen LogP contribution in [0, 0.1) is 0 Å². The molecule has 0 saturated carbocycles. The molecule has 2 heterocycles. The van der Waals surface area contributed by atoms with E-state index in [1.807, 2.05) is 47.8 Å². The summed E-state index contributed by atoms with van der Waals surface area (Å²) in [4.78, 5) is 9.63. The molecule has 3 N–H and O–H groups in total. The van der Waals surface area contributed by atoms with Crippen LogP contribution in [0.2, 0.25) is 0 Å². The molecule has 0 bridgehead atoms. The summed E-state index contributed by atoms with van der Waals surface area (Å²) in [6.45, 7) is 0.376.